The van der Waals surface area contributed by atoms with Gasteiger partial charge in [0.2, 0.25) is 0 Å². The summed E-state index contributed by atoms with van der Waals surface area (Å²) in [6.07, 6.45) is 2.99. The zero-order chi connectivity index (χ0) is 11.6. The van der Waals surface area contributed by atoms with Crippen LogP contribution in [-0.4, -0.2) is 41.3 Å². The zero-order valence-corrected chi connectivity index (χ0v) is 10.5. The SMILES string of the molecule is CC1CCC(N)(CO)CC1N(C)C(C)C. The fourth-order valence-electron chi connectivity index (χ4n) is 2.50. The van der Waals surface area contributed by atoms with E-state index in [1.165, 1.54) is 0 Å². The number of hydrogen-bond donors (Lipinski definition) is 2. The normalized spacial score (nSPS) is 37.6. The van der Waals surface area contributed by atoms with E-state index in [2.05, 4.69) is 32.7 Å². The van der Waals surface area contributed by atoms with Gasteiger partial charge in [-0.1, -0.05) is 6.92 Å². The Kier molecular flexibility index (Phi) is 4.15. The van der Waals surface area contributed by atoms with Crippen LogP contribution in [0.15, 0.2) is 0 Å². The molecule has 3 heteroatoms. The largest absolute Gasteiger partial charge is 0.394 e. The molecule has 0 amide bonds. The molecule has 0 saturated heterocycles. The molecule has 0 aromatic rings. The van der Waals surface area contributed by atoms with Crippen molar-refractivity contribution < 1.29 is 5.11 Å². The highest BCUT2D eigenvalue weighted by Gasteiger charge is 2.38. The van der Waals surface area contributed by atoms with Crippen LogP contribution < -0.4 is 5.73 Å². The van der Waals surface area contributed by atoms with Crippen molar-refractivity contribution in [3.05, 3.63) is 0 Å². The number of rotatable bonds is 3. The minimum atomic E-state index is -0.347. The van der Waals surface area contributed by atoms with Crippen molar-refractivity contribution in [2.24, 2.45) is 11.7 Å². The number of aliphatic hydroxyl groups excluding tert-OH is 1. The summed E-state index contributed by atoms with van der Waals surface area (Å²) in [5, 5.41) is 9.33. The van der Waals surface area contributed by atoms with Gasteiger partial charge in [-0.25, -0.2) is 0 Å². The molecule has 0 bridgehead atoms. The van der Waals surface area contributed by atoms with Gasteiger partial charge in [-0.05, 0) is 46.1 Å². The van der Waals surface area contributed by atoms with Crippen LogP contribution in [0.4, 0.5) is 0 Å². The molecule has 0 aromatic carbocycles. The smallest absolute Gasteiger partial charge is 0.0611 e. The van der Waals surface area contributed by atoms with Crippen molar-refractivity contribution in [2.45, 2.75) is 57.7 Å². The second kappa shape index (κ2) is 4.81. The van der Waals surface area contributed by atoms with Crippen LogP contribution in [0.5, 0.6) is 0 Å². The van der Waals surface area contributed by atoms with Gasteiger partial charge in [0.1, 0.15) is 0 Å². The highest BCUT2D eigenvalue weighted by atomic mass is 16.3. The Morgan fingerprint density at radius 3 is 2.60 bits per heavy atom. The average molecular weight is 214 g/mol. The standard InChI is InChI=1S/C12H26N2O/c1-9(2)14(4)11-7-12(13,8-15)6-5-10(11)3/h9-11,15H,5-8,13H2,1-4H3. The number of nitrogens with two attached hydrogens (primary N) is 1. The van der Waals surface area contributed by atoms with Gasteiger partial charge in [0.15, 0.2) is 0 Å². The molecule has 3 atom stereocenters. The summed E-state index contributed by atoms with van der Waals surface area (Å²) in [7, 11) is 2.16. The Morgan fingerprint density at radius 2 is 2.13 bits per heavy atom. The number of nitrogens with zero attached hydrogens (tertiary/aromatic N) is 1. The molecule has 0 spiro atoms. The lowest BCUT2D eigenvalue weighted by Crippen LogP contribution is -2.56. The zero-order valence-electron chi connectivity index (χ0n) is 10.5. The van der Waals surface area contributed by atoms with Crippen molar-refractivity contribution in [1.29, 1.82) is 0 Å². The fraction of sp³-hybridized carbons (Fsp3) is 1.00. The summed E-state index contributed by atoms with van der Waals surface area (Å²) < 4.78 is 0. The lowest BCUT2D eigenvalue weighted by atomic mass is 9.74. The predicted molar refractivity (Wildman–Crippen MR) is 63.7 cm³/mol. The van der Waals surface area contributed by atoms with Crippen LogP contribution >= 0.6 is 0 Å². The van der Waals surface area contributed by atoms with Crippen molar-refractivity contribution in [1.82, 2.24) is 4.90 Å². The van der Waals surface area contributed by atoms with E-state index in [-0.39, 0.29) is 12.1 Å². The summed E-state index contributed by atoms with van der Waals surface area (Å²) >= 11 is 0. The molecule has 0 heterocycles. The first-order valence-electron chi connectivity index (χ1n) is 6.01. The Morgan fingerprint density at radius 1 is 1.53 bits per heavy atom. The van der Waals surface area contributed by atoms with Gasteiger partial charge in [-0.2, -0.15) is 0 Å². The summed E-state index contributed by atoms with van der Waals surface area (Å²) in [4.78, 5) is 2.39. The second-order valence-corrected chi connectivity index (χ2v) is 5.57. The first-order chi connectivity index (χ1) is 6.89. The molecule has 0 radical (unpaired) electrons. The van der Waals surface area contributed by atoms with E-state index in [9.17, 15) is 5.11 Å². The molecule has 15 heavy (non-hydrogen) atoms. The van der Waals surface area contributed by atoms with Crippen molar-refractivity contribution >= 4 is 0 Å². The fourth-order valence-corrected chi connectivity index (χ4v) is 2.50. The molecule has 1 rings (SSSR count). The first-order valence-corrected chi connectivity index (χ1v) is 6.01. The van der Waals surface area contributed by atoms with Gasteiger partial charge in [0, 0.05) is 17.6 Å². The van der Waals surface area contributed by atoms with Gasteiger partial charge in [0.05, 0.1) is 6.61 Å². The van der Waals surface area contributed by atoms with E-state index < -0.39 is 0 Å². The van der Waals surface area contributed by atoms with E-state index in [4.69, 9.17) is 5.73 Å². The molecule has 0 aliphatic heterocycles. The summed E-state index contributed by atoms with van der Waals surface area (Å²) in [5.74, 6) is 0.681. The van der Waals surface area contributed by atoms with E-state index >= 15 is 0 Å². The monoisotopic (exact) mass is 214 g/mol. The first kappa shape index (κ1) is 12.9. The molecule has 0 aromatic heterocycles. The van der Waals surface area contributed by atoms with Crippen LogP contribution in [0.3, 0.4) is 0 Å². The van der Waals surface area contributed by atoms with E-state index in [1.807, 2.05) is 0 Å². The Hall–Kier alpha value is -0.120. The van der Waals surface area contributed by atoms with Gasteiger partial charge in [0.25, 0.3) is 0 Å². The topological polar surface area (TPSA) is 49.5 Å². The summed E-state index contributed by atoms with van der Waals surface area (Å²) in [6, 6.07) is 1.05. The van der Waals surface area contributed by atoms with Gasteiger partial charge in [-0.15, -0.1) is 0 Å². The second-order valence-electron chi connectivity index (χ2n) is 5.57. The molecule has 3 unspecified atom stereocenters. The molecule has 1 fully saturated rings. The van der Waals surface area contributed by atoms with E-state index in [0.717, 1.165) is 19.3 Å². The summed E-state index contributed by atoms with van der Waals surface area (Å²) in [5.41, 5.74) is 5.83. The molecule has 90 valence electrons. The van der Waals surface area contributed by atoms with E-state index in [1.54, 1.807) is 0 Å². The van der Waals surface area contributed by atoms with Gasteiger partial charge in [-0.3, -0.25) is 0 Å². The van der Waals surface area contributed by atoms with Crippen LogP contribution in [0.25, 0.3) is 0 Å². The van der Waals surface area contributed by atoms with Crippen LogP contribution in [-0.2, 0) is 0 Å². The van der Waals surface area contributed by atoms with Gasteiger partial charge >= 0.3 is 0 Å². The molecule has 1 aliphatic carbocycles. The maximum absolute atomic E-state index is 9.33. The van der Waals surface area contributed by atoms with E-state index in [0.29, 0.717) is 18.0 Å². The molecule has 3 N–H and O–H groups in total. The number of hydrogen-bond acceptors (Lipinski definition) is 3. The highest BCUT2D eigenvalue weighted by molar-refractivity contribution is 4.96. The van der Waals surface area contributed by atoms with Crippen molar-refractivity contribution in [3.63, 3.8) is 0 Å². The molecular formula is C12H26N2O. The number of aliphatic hydroxyl groups is 1. The molecule has 3 nitrogen and oxygen atoms in total. The predicted octanol–water partition coefficient (Wildman–Crippen LogP) is 1.20. The third-order valence-electron chi connectivity index (χ3n) is 4.02. The lowest BCUT2D eigenvalue weighted by molar-refractivity contribution is 0.0479. The molecule has 1 aliphatic rings. The third-order valence-corrected chi connectivity index (χ3v) is 4.02. The van der Waals surface area contributed by atoms with Crippen molar-refractivity contribution in [3.8, 4) is 0 Å². The average Bonchev–Trinajstić information content (AvgIpc) is 2.21. The maximum atomic E-state index is 9.33. The molecular weight excluding hydrogens is 188 g/mol. The quantitative estimate of drug-likeness (QED) is 0.742. The van der Waals surface area contributed by atoms with Crippen LogP contribution in [0, 0.1) is 5.92 Å². The Balaban J connectivity index is 2.69. The van der Waals surface area contributed by atoms with Gasteiger partial charge < -0.3 is 15.7 Å². The maximum Gasteiger partial charge on any atom is 0.0611 e. The third kappa shape index (κ3) is 2.92. The summed E-state index contributed by atoms with van der Waals surface area (Å²) in [6.45, 7) is 6.82. The Bertz CT molecular complexity index is 208. The van der Waals surface area contributed by atoms with Crippen LogP contribution in [0.2, 0.25) is 0 Å². The Labute approximate surface area is 93.6 Å². The van der Waals surface area contributed by atoms with Crippen LogP contribution in [0.1, 0.15) is 40.0 Å². The lowest BCUT2D eigenvalue weighted by Gasteiger charge is -2.45. The highest BCUT2D eigenvalue weighted by Crippen LogP contribution is 2.33. The minimum absolute atomic E-state index is 0.113. The molecule has 1 saturated carbocycles. The minimum Gasteiger partial charge on any atom is -0.394 e. The van der Waals surface area contributed by atoms with Crippen molar-refractivity contribution in [2.75, 3.05) is 13.7 Å².